The second-order valence-corrected chi connectivity index (χ2v) is 10.1. The first-order chi connectivity index (χ1) is 17.8. The van der Waals surface area contributed by atoms with Crippen LogP contribution in [0.4, 0.5) is 0 Å². The summed E-state index contributed by atoms with van der Waals surface area (Å²) in [5.41, 5.74) is -1.07. The molecule has 0 amide bonds. The molecule has 2 aliphatic heterocycles. The van der Waals surface area contributed by atoms with Crippen LogP contribution < -0.4 is 9.47 Å². The van der Waals surface area contributed by atoms with Crippen LogP contribution in [0.5, 0.6) is 23.0 Å². The molecule has 0 bridgehead atoms. The predicted octanol–water partition coefficient (Wildman–Crippen LogP) is -0.343. The van der Waals surface area contributed by atoms with Crippen LogP contribution in [0.2, 0.25) is 0 Å². The lowest BCUT2D eigenvalue weighted by Crippen LogP contribution is -2.60. The van der Waals surface area contributed by atoms with Gasteiger partial charge in [-0.15, -0.1) is 0 Å². The molecule has 0 radical (unpaired) electrons. The zero-order chi connectivity index (χ0) is 27.9. The molecule has 1 saturated heterocycles. The minimum absolute atomic E-state index is 0.0138. The highest BCUT2D eigenvalue weighted by Gasteiger charge is 2.46. The monoisotopic (exact) mass is 536 g/mol. The maximum atomic E-state index is 13.2. The lowest BCUT2D eigenvalue weighted by atomic mass is 9.89. The first-order valence-electron chi connectivity index (χ1n) is 12.1. The van der Waals surface area contributed by atoms with E-state index in [2.05, 4.69) is 0 Å². The van der Waals surface area contributed by atoms with Crippen LogP contribution in [0.3, 0.4) is 0 Å². The van der Waals surface area contributed by atoms with Crippen molar-refractivity contribution in [3.63, 3.8) is 0 Å². The van der Waals surface area contributed by atoms with Gasteiger partial charge in [0, 0.05) is 11.6 Å². The zero-order valence-corrected chi connectivity index (χ0v) is 20.8. The van der Waals surface area contributed by atoms with E-state index in [0.717, 1.165) is 0 Å². The van der Waals surface area contributed by atoms with Crippen molar-refractivity contribution in [2.75, 3.05) is 6.61 Å². The van der Waals surface area contributed by atoms with Crippen LogP contribution in [0.1, 0.15) is 47.9 Å². The Morgan fingerprint density at radius 1 is 1.00 bits per heavy atom. The van der Waals surface area contributed by atoms with Crippen LogP contribution in [-0.2, 0) is 11.2 Å². The third-order valence-corrected chi connectivity index (χ3v) is 6.68. The lowest BCUT2D eigenvalue weighted by molar-refractivity contribution is -0.277. The highest BCUT2D eigenvalue weighted by Crippen LogP contribution is 2.46. The van der Waals surface area contributed by atoms with Gasteiger partial charge in [-0.1, -0.05) is 12.1 Å². The Balaban J connectivity index is 1.76. The molecule has 4 rings (SSSR count). The second kappa shape index (κ2) is 10.7. The number of Topliss-reactive ketones (excluding diaryl/α,β-unsaturated/α-hetero) is 1. The van der Waals surface area contributed by atoms with Crippen molar-refractivity contribution < 1.29 is 59.9 Å². The number of carbonyl (C=O) groups excluding carboxylic acids is 1. The van der Waals surface area contributed by atoms with Gasteiger partial charge in [0.25, 0.3) is 0 Å². The van der Waals surface area contributed by atoms with Crippen molar-refractivity contribution in [3.05, 3.63) is 47.0 Å². The molecule has 2 aliphatic rings. The standard InChI is InChI=1S/C26H32O12/c1-26(2,35)8-7-13-14(37-25-23(34)21(32)19(30)16(10-27)38-25)9-15-17(18(13)29)20(31)22(33)24(36-15)11-3-5-12(28)6-4-11/h3-6,9,16,19,21-25,27-30,32-35H,7-8,10H2,1-2H3/t16-,19+,21-,22+,23+,24+,25+/m0/s1. The average Bonchev–Trinajstić information content (AvgIpc) is 2.86. The second-order valence-electron chi connectivity index (χ2n) is 10.1. The fourth-order valence-corrected chi connectivity index (χ4v) is 4.46. The highest BCUT2D eigenvalue weighted by atomic mass is 16.7. The highest BCUT2D eigenvalue weighted by molar-refractivity contribution is 6.06. The van der Waals surface area contributed by atoms with E-state index in [0.29, 0.717) is 5.56 Å². The van der Waals surface area contributed by atoms with E-state index in [-0.39, 0.29) is 41.2 Å². The number of aliphatic hydroxyl groups excluding tert-OH is 5. The van der Waals surface area contributed by atoms with Gasteiger partial charge in [0.05, 0.1) is 12.2 Å². The number of ether oxygens (including phenoxy) is 3. The molecule has 2 aromatic carbocycles. The number of aromatic hydroxyl groups is 2. The predicted molar refractivity (Wildman–Crippen MR) is 129 cm³/mol. The Labute approximate surface area is 217 Å². The van der Waals surface area contributed by atoms with Crippen molar-refractivity contribution in [2.45, 2.75) is 75.2 Å². The Morgan fingerprint density at radius 3 is 2.26 bits per heavy atom. The van der Waals surface area contributed by atoms with Gasteiger partial charge in [0.1, 0.15) is 53.0 Å². The summed E-state index contributed by atoms with van der Waals surface area (Å²) in [6.45, 7) is 2.40. The molecule has 0 spiro atoms. The molecular weight excluding hydrogens is 504 g/mol. The van der Waals surface area contributed by atoms with Gasteiger partial charge in [-0.25, -0.2) is 0 Å². The van der Waals surface area contributed by atoms with Crippen LogP contribution in [0.15, 0.2) is 30.3 Å². The molecule has 12 heteroatoms. The molecule has 0 aromatic heterocycles. The smallest absolute Gasteiger partial charge is 0.229 e. The summed E-state index contributed by atoms with van der Waals surface area (Å²) in [4.78, 5) is 13.2. The molecule has 208 valence electrons. The molecule has 1 fully saturated rings. The van der Waals surface area contributed by atoms with Crippen LogP contribution in [-0.4, -0.2) is 95.7 Å². The number of fused-ring (bicyclic) bond motifs is 1. The van der Waals surface area contributed by atoms with Crippen LogP contribution in [0.25, 0.3) is 0 Å². The largest absolute Gasteiger partial charge is 0.508 e. The number of aliphatic hydroxyl groups is 6. The third kappa shape index (κ3) is 5.43. The van der Waals surface area contributed by atoms with Gasteiger partial charge in [-0.2, -0.15) is 0 Å². The summed E-state index contributed by atoms with van der Waals surface area (Å²) in [5, 5.41) is 81.8. The van der Waals surface area contributed by atoms with Gasteiger partial charge < -0.3 is 55.1 Å². The molecule has 7 atom stereocenters. The lowest BCUT2D eigenvalue weighted by Gasteiger charge is -2.40. The average molecular weight is 537 g/mol. The van der Waals surface area contributed by atoms with E-state index in [1.165, 1.54) is 30.3 Å². The maximum Gasteiger partial charge on any atom is 0.229 e. The van der Waals surface area contributed by atoms with E-state index in [1.807, 2.05) is 0 Å². The first-order valence-corrected chi connectivity index (χ1v) is 12.1. The van der Waals surface area contributed by atoms with E-state index in [9.17, 15) is 45.6 Å². The number of hydrogen-bond acceptors (Lipinski definition) is 12. The van der Waals surface area contributed by atoms with E-state index < -0.39 is 66.7 Å². The van der Waals surface area contributed by atoms with Crippen LogP contribution >= 0.6 is 0 Å². The van der Waals surface area contributed by atoms with Crippen molar-refractivity contribution in [1.29, 1.82) is 0 Å². The molecule has 2 aromatic rings. The molecule has 38 heavy (non-hydrogen) atoms. The van der Waals surface area contributed by atoms with Gasteiger partial charge in [0.2, 0.25) is 12.1 Å². The number of benzene rings is 2. The summed E-state index contributed by atoms with van der Waals surface area (Å²) >= 11 is 0. The Bertz CT molecular complexity index is 1160. The summed E-state index contributed by atoms with van der Waals surface area (Å²) in [5.74, 6) is -1.70. The quantitative estimate of drug-likeness (QED) is 0.229. The number of rotatable bonds is 7. The maximum absolute atomic E-state index is 13.2. The molecule has 12 nitrogen and oxygen atoms in total. The molecule has 0 saturated carbocycles. The van der Waals surface area contributed by atoms with Crippen molar-refractivity contribution in [2.24, 2.45) is 0 Å². The van der Waals surface area contributed by atoms with Crippen molar-refractivity contribution >= 4 is 5.78 Å². The van der Waals surface area contributed by atoms with Gasteiger partial charge in [-0.3, -0.25) is 4.79 Å². The van der Waals surface area contributed by atoms with Crippen LogP contribution in [0, 0.1) is 0 Å². The van der Waals surface area contributed by atoms with E-state index in [1.54, 1.807) is 13.8 Å². The fraction of sp³-hybridized carbons (Fsp3) is 0.500. The topological polar surface area (TPSA) is 207 Å². The number of hydrogen-bond donors (Lipinski definition) is 8. The van der Waals surface area contributed by atoms with E-state index in [4.69, 9.17) is 14.2 Å². The zero-order valence-electron chi connectivity index (χ0n) is 20.8. The fourth-order valence-electron chi connectivity index (χ4n) is 4.46. The molecule has 2 heterocycles. The van der Waals surface area contributed by atoms with Gasteiger partial charge in [0.15, 0.2) is 12.2 Å². The van der Waals surface area contributed by atoms with E-state index >= 15 is 0 Å². The normalized spacial score (nSPS) is 29.5. The van der Waals surface area contributed by atoms with Gasteiger partial charge in [-0.05, 0) is 44.4 Å². The Morgan fingerprint density at radius 2 is 1.66 bits per heavy atom. The van der Waals surface area contributed by atoms with Crippen molar-refractivity contribution in [3.8, 4) is 23.0 Å². The van der Waals surface area contributed by atoms with Crippen molar-refractivity contribution in [1.82, 2.24) is 0 Å². The Kier molecular flexibility index (Phi) is 7.86. The minimum Gasteiger partial charge on any atom is -0.508 e. The summed E-state index contributed by atoms with van der Waals surface area (Å²) in [7, 11) is 0. The molecule has 0 unspecified atom stereocenters. The Hall–Kier alpha value is -2.97. The molecular formula is C26H32O12. The number of carbonyl (C=O) groups is 1. The molecule has 8 N–H and O–H groups in total. The molecule has 0 aliphatic carbocycles. The number of phenolic OH excluding ortho intramolecular Hbond substituents is 2. The van der Waals surface area contributed by atoms with Gasteiger partial charge >= 0.3 is 0 Å². The first kappa shape index (κ1) is 28.0. The number of phenols is 2. The summed E-state index contributed by atoms with van der Waals surface area (Å²) in [6.07, 6.45) is -10.7. The number of ketones is 1. The summed E-state index contributed by atoms with van der Waals surface area (Å²) < 4.78 is 17.1. The summed E-state index contributed by atoms with van der Waals surface area (Å²) in [6, 6.07) is 6.90. The third-order valence-electron chi connectivity index (χ3n) is 6.68. The minimum atomic E-state index is -1.75. The SMILES string of the molecule is CC(C)(O)CCc1c(O[C@@H]2O[C@@H](CO)[C@@H](O)[C@H](O)[C@H]2O)cc2c(c1O)C(=O)[C@@H](O)[C@@H](c1ccc(O)cc1)O2.